The van der Waals surface area contributed by atoms with Crippen LogP contribution in [-0.4, -0.2) is 28.2 Å². The third kappa shape index (κ3) is 3.17. The lowest BCUT2D eigenvalue weighted by Crippen LogP contribution is -2.29. The van der Waals surface area contributed by atoms with Gasteiger partial charge < -0.3 is 9.84 Å². The number of hydrogen-bond donors (Lipinski definition) is 1. The Morgan fingerprint density at radius 2 is 2.42 bits per heavy atom. The molecule has 0 radical (unpaired) electrons. The summed E-state index contributed by atoms with van der Waals surface area (Å²) < 4.78 is 5.27. The summed E-state index contributed by atoms with van der Waals surface area (Å²) in [7, 11) is 0. The van der Waals surface area contributed by atoms with Crippen molar-refractivity contribution in [2.24, 2.45) is 5.92 Å². The molecule has 0 spiro atoms. The molecule has 1 N–H and O–H groups in total. The van der Waals surface area contributed by atoms with E-state index in [9.17, 15) is 0 Å². The molecule has 100 valence electrons. The van der Waals surface area contributed by atoms with Gasteiger partial charge in [0.2, 0.25) is 0 Å². The zero-order valence-electron chi connectivity index (χ0n) is 10.9. The van der Waals surface area contributed by atoms with E-state index in [4.69, 9.17) is 4.52 Å². The van der Waals surface area contributed by atoms with Crippen LogP contribution in [0.5, 0.6) is 0 Å². The van der Waals surface area contributed by atoms with Crippen molar-refractivity contribution in [1.82, 2.24) is 20.4 Å². The Balaban J connectivity index is 1.59. The summed E-state index contributed by atoms with van der Waals surface area (Å²) in [6, 6.07) is 3.79. The van der Waals surface area contributed by atoms with Gasteiger partial charge in [0, 0.05) is 18.8 Å². The van der Waals surface area contributed by atoms with Crippen molar-refractivity contribution in [3.05, 3.63) is 30.4 Å². The number of nitrogens with zero attached hydrogens (tertiary/aromatic N) is 3. The van der Waals surface area contributed by atoms with E-state index >= 15 is 0 Å². The molecule has 2 aromatic heterocycles. The van der Waals surface area contributed by atoms with E-state index in [1.807, 2.05) is 12.1 Å². The van der Waals surface area contributed by atoms with Gasteiger partial charge >= 0.3 is 0 Å². The molecule has 5 heteroatoms. The zero-order valence-corrected chi connectivity index (χ0v) is 10.9. The Morgan fingerprint density at radius 3 is 3.21 bits per heavy atom. The minimum atomic E-state index is 0.560. The van der Waals surface area contributed by atoms with Gasteiger partial charge in [-0.15, -0.1) is 0 Å². The third-order valence-corrected chi connectivity index (χ3v) is 3.55. The zero-order chi connectivity index (χ0) is 12.9. The number of piperidine rings is 1. The lowest BCUT2D eigenvalue weighted by molar-refractivity contribution is 0.352. The Bertz CT molecular complexity index is 505. The molecule has 2 aromatic rings. The molecular weight excluding hydrogens is 240 g/mol. The number of hydrogen-bond acceptors (Lipinski definition) is 5. The second-order valence-electron chi connectivity index (χ2n) is 5.01. The second kappa shape index (κ2) is 5.93. The fourth-order valence-corrected chi connectivity index (χ4v) is 2.47. The highest BCUT2D eigenvalue weighted by molar-refractivity contribution is 5.50. The van der Waals surface area contributed by atoms with Crippen molar-refractivity contribution in [3.8, 4) is 11.5 Å². The average Bonchev–Trinajstić information content (AvgIpc) is 2.96. The van der Waals surface area contributed by atoms with Gasteiger partial charge in [-0.3, -0.25) is 4.98 Å². The maximum atomic E-state index is 5.27. The van der Waals surface area contributed by atoms with Crippen LogP contribution in [0.2, 0.25) is 0 Å². The van der Waals surface area contributed by atoms with Crippen molar-refractivity contribution in [3.63, 3.8) is 0 Å². The van der Waals surface area contributed by atoms with Crippen LogP contribution in [0.15, 0.2) is 29.0 Å². The Kier molecular flexibility index (Phi) is 3.83. The lowest BCUT2D eigenvalue weighted by Gasteiger charge is -2.21. The fourth-order valence-electron chi connectivity index (χ4n) is 2.47. The van der Waals surface area contributed by atoms with Gasteiger partial charge in [0.25, 0.3) is 5.89 Å². The third-order valence-electron chi connectivity index (χ3n) is 3.55. The van der Waals surface area contributed by atoms with E-state index in [2.05, 4.69) is 20.4 Å². The van der Waals surface area contributed by atoms with Crippen molar-refractivity contribution in [2.75, 3.05) is 13.1 Å². The van der Waals surface area contributed by atoms with Gasteiger partial charge in [-0.25, -0.2) is 0 Å². The Labute approximate surface area is 112 Å². The average molecular weight is 258 g/mol. The van der Waals surface area contributed by atoms with E-state index in [-0.39, 0.29) is 0 Å². The summed E-state index contributed by atoms with van der Waals surface area (Å²) in [5.74, 6) is 2.10. The van der Waals surface area contributed by atoms with Crippen LogP contribution < -0.4 is 5.32 Å². The molecule has 5 nitrogen and oxygen atoms in total. The highest BCUT2D eigenvalue weighted by Crippen LogP contribution is 2.18. The topological polar surface area (TPSA) is 63.8 Å². The summed E-state index contributed by atoms with van der Waals surface area (Å²) in [6.45, 7) is 2.27. The Hall–Kier alpha value is -1.75. The van der Waals surface area contributed by atoms with E-state index in [0.29, 0.717) is 5.89 Å². The van der Waals surface area contributed by atoms with Gasteiger partial charge in [0.15, 0.2) is 5.82 Å². The van der Waals surface area contributed by atoms with Crippen LogP contribution in [-0.2, 0) is 6.42 Å². The monoisotopic (exact) mass is 258 g/mol. The standard InChI is InChI=1S/C14H18N4O/c1-3-11(9-15-7-1)5-6-13-17-14(19-18-13)12-4-2-8-16-10-12/h2,4,8,10-11,15H,1,3,5-7,9H2. The molecule has 0 aliphatic carbocycles. The van der Waals surface area contributed by atoms with E-state index < -0.39 is 0 Å². The fraction of sp³-hybridized carbons (Fsp3) is 0.500. The van der Waals surface area contributed by atoms with Gasteiger partial charge in [-0.05, 0) is 50.4 Å². The van der Waals surface area contributed by atoms with Crippen LogP contribution in [0.4, 0.5) is 0 Å². The van der Waals surface area contributed by atoms with Crippen LogP contribution in [0.1, 0.15) is 25.1 Å². The van der Waals surface area contributed by atoms with Gasteiger partial charge in [-0.1, -0.05) is 5.16 Å². The molecule has 3 heterocycles. The minimum Gasteiger partial charge on any atom is -0.334 e. The van der Waals surface area contributed by atoms with Crippen LogP contribution in [0.25, 0.3) is 11.5 Å². The maximum Gasteiger partial charge on any atom is 0.259 e. The number of nitrogens with one attached hydrogen (secondary N) is 1. The molecule has 1 fully saturated rings. The largest absolute Gasteiger partial charge is 0.334 e. The lowest BCUT2D eigenvalue weighted by atomic mass is 9.95. The quantitative estimate of drug-likeness (QED) is 0.909. The van der Waals surface area contributed by atoms with Crippen molar-refractivity contribution >= 4 is 0 Å². The van der Waals surface area contributed by atoms with Crippen LogP contribution >= 0.6 is 0 Å². The number of aryl methyl sites for hydroxylation is 1. The number of rotatable bonds is 4. The maximum absolute atomic E-state index is 5.27. The molecule has 0 amide bonds. The molecule has 1 saturated heterocycles. The smallest absolute Gasteiger partial charge is 0.259 e. The molecule has 3 rings (SSSR count). The Morgan fingerprint density at radius 1 is 1.42 bits per heavy atom. The molecule has 1 atom stereocenters. The molecule has 1 aliphatic heterocycles. The summed E-state index contributed by atoms with van der Waals surface area (Å²) in [4.78, 5) is 8.48. The van der Waals surface area contributed by atoms with E-state index in [0.717, 1.165) is 43.2 Å². The normalized spacial score (nSPS) is 19.5. The second-order valence-corrected chi connectivity index (χ2v) is 5.01. The molecule has 0 aromatic carbocycles. The highest BCUT2D eigenvalue weighted by atomic mass is 16.5. The first-order valence-electron chi connectivity index (χ1n) is 6.85. The predicted molar refractivity (Wildman–Crippen MR) is 71.4 cm³/mol. The van der Waals surface area contributed by atoms with E-state index in [1.165, 1.54) is 12.8 Å². The number of aromatic nitrogens is 3. The summed E-state index contributed by atoms with van der Waals surface area (Å²) in [6.07, 6.45) is 8.06. The van der Waals surface area contributed by atoms with Crippen molar-refractivity contribution in [2.45, 2.75) is 25.7 Å². The van der Waals surface area contributed by atoms with E-state index in [1.54, 1.807) is 12.4 Å². The van der Waals surface area contributed by atoms with Crippen molar-refractivity contribution < 1.29 is 4.52 Å². The van der Waals surface area contributed by atoms with Crippen molar-refractivity contribution in [1.29, 1.82) is 0 Å². The molecule has 1 aliphatic rings. The summed E-state index contributed by atoms with van der Waals surface area (Å²) >= 11 is 0. The summed E-state index contributed by atoms with van der Waals surface area (Å²) in [5.41, 5.74) is 0.876. The number of pyridine rings is 1. The highest BCUT2D eigenvalue weighted by Gasteiger charge is 2.15. The van der Waals surface area contributed by atoms with Crippen LogP contribution in [0.3, 0.4) is 0 Å². The molecule has 19 heavy (non-hydrogen) atoms. The van der Waals surface area contributed by atoms with Gasteiger partial charge in [0.1, 0.15) is 0 Å². The first-order chi connectivity index (χ1) is 9.42. The molecule has 0 bridgehead atoms. The molecule has 0 saturated carbocycles. The van der Waals surface area contributed by atoms with Gasteiger partial charge in [0.05, 0.1) is 5.56 Å². The van der Waals surface area contributed by atoms with Crippen LogP contribution in [0, 0.1) is 5.92 Å². The first-order valence-corrected chi connectivity index (χ1v) is 6.85. The predicted octanol–water partition coefficient (Wildman–Crippen LogP) is 2.06. The SMILES string of the molecule is c1cncc(-c2nc(CCC3CCCNC3)no2)c1. The van der Waals surface area contributed by atoms with Gasteiger partial charge in [-0.2, -0.15) is 4.98 Å². The molecule has 1 unspecified atom stereocenters. The summed E-state index contributed by atoms with van der Waals surface area (Å²) in [5, 5.41) is 7.47. The minimum absolute atomic E-state index is 0.560. The first kappa shape index (κ1) is 12.3. The molecular formula is C14H18N4O.